The molecule has 1 rings (SSSR count). The number of amides is 1. The molecular formula is C9H7ClFNO3. The fraction of sp³-hybridized carbons (Fsp3) is 0.111. The maximum Gasteiger partial charge on any atom is 0.337 e. The number of hydrogen-bond donors (Lipinski definition) is 2. The smallest absolute Gasteiger partial charge is 0.337 e. The molecule has 0 aliphatic rings. The van der Waals surface area contributed by atoms with Gasteiger partial charge in [-0.25, -0.2) is 9.18 Å². The average molecular weight is 232 g/mol. The largest absolute Gasteiger partial charge is 0.478 e. The molecule has 0 unspecified atom stereocenters. The van der Waals surface area contributed by atoms with Gasteiger partial charge in [0.15, 0.2) is 0 Å². The number of rotatable bonds is 2. The van der Waals surface area contributed by atoms with E-state index in [1.807, 2.05) is 0 Å². The van der Waals surface area contributed by atoms with Crippen molar-refractivity contribution in [3.63, 3.8) is 0 Å². The minimum atomic E-state index is -1.29. The van der Waals surface area contributed by atoms with Crippen LogP contribution in [-0.4, -0.2) is 17.0 Å². The first-order chi connectivity index (χ1) is 6.91. The van der Waals surface area contributed by atoms with Crippen LogP contribution in [-0.2, 0) is 4.79 Å². The molecule has 0 fully saturated rings. The van der Waals surface area contributed by atoms with E-state index < -0.39 is 17.7 Å². The number of anilines is 1. The fourth-order valence-electron chi connectivity index (χ4n) is 1.02. The molecule has 0 radical (unpaired) electrons. The first-order valence-electron chi connectivity index (χ1n) is 3.91. The highest BCUT2D eigenvalue weighted by molar-refractivity contribution is 6.31. The van der Waals surface area contributed by atoms with Crippen molar-refractivity contribution in [3.8, 4) is 0 Å². The highest BCUT2D eigenvalue weighted by Gasteiger charge is 2.14. The Bertz CT molecular complexity index is 434. The zero-order valence-corrected chi connectivity index (χ0v) is 8.43. The van der Waals surface area contributed by atoms with Gasteiger partial charge in [0.1, 0.15) is 5.82 Å². The summed E-state index contributed by atoms with van der Waals surface area (Å²) in [6.45, 7) is 1.19. The quantitative estimate of drug-likeness (QED) is 0.820. The third-order valence-electron chi connectivity index (χ3n) is 1.60. The molecule has 4 nitrogen and oxygen atoms in total. The predicted octanol–water partition coefficient (Wildman–Crippen LogP) is 2.14. The zero-order chi connectivity index (χ0) is 11.6. The Kier molecular flexibility index (Phi) is 3.26. The van der Waals surface area contributed by atoms with Gasteiger partial charge in [-0.2, -0.15) is 0 Å². The molecule has 0 aliphatic heterocycles. The maximum absolute atomic E-state index is 13.0. The van der Waals surface area contributed by atoms with Crippen LogP contribution in [0.3, 0.4) is 0 Å². The van der Waals surface area contributed by atoms with Crippen molar-refractivity contribution in [3.05, 3.63) is 28.5 Å². The summed E-state index contributed by atoms with van der Waals surface area (Å²) in [6.07, 6.45) is 0. The summed E-state index contributed by atoms with van der Waals surface area (Å²) < 4.78 is 13.0. The molecule has 15 heavy (non-hydrogen) atoms. The average Bonchev–Trinajstić information content (AvgIpc) is 2.09. The summed E-state index contributed by atoms with van der Waals surface area (Å²) in [4.78, 5) is 21.5. The number of carboxylic acids is 1. The lowest BCUT2D eigenvalue weighted by Gasteiger charge is -2.07. The summed E-state index contributed by atoms with van der Waals surface area (Å²) in [5.41, 5.74) is -0.367. The van der Waals surface area contributed by atoms with Crippen molar-refractivity contribution in [1.29, 1.82) is 0 Å². The third kappa shape index (κ3) is 2.66. The minimum absolute atomic E-state index is 0.114. The highest BCUT2D eigenvalue weighted by Crippen LogP contribution is 2.24. The van der Waals surface area contributed by atoms with Crippen molar-refractivity contribution >= 4 is 29.2 Å². The molecule has 0 aliphatic carbocycles. The van der Waals surface area contributed by atoms with Crippen LogP contribution in [0, 0.1) is 5.82 Å². The molecule has 0 heterocycles. The minimum Gasteiger partial charge on any atom is -0.478 e. The Morgan fingerprint density at radius 1 is 1.47 bits per heavy atom. The Morgan fingerprint density at radius 2 is 2.07 bits per heavy atom. The Labute approximate surface area is 89.7 Å². The van der Waals surface area contributed by atoms with Crippen LogP contribution < -0.4 is 5.32 Å². The lowest BCUT2D eigenvalue weighted by Crippen LogP contribution is -2.11. The molecule has 0 spiro atoms. The summed E-state index contributed by atoms with van der Waals surface area (Å²) in [7, 11) is 0. The molecular weight excluding hydrogens is 225 g/mol. The number of aromatic carboxylic acids is 1. The number of halogens is 2. The highest BCUT2D eigenvalue weighted by atomic mass is 35.5. The van der Waals surface area contributed by atoms with Crippen LogP contribution in [0.4, 0.5) is 10.1 Å². The maximum atomic E-state index is 13.0. The number of carboxylic acid groups (broad SMARTS) is 1. The van der Waals surface area contributed by atoms with Gasteiger partial charge in [-0.05, 0) is 12.1 Å². The second-order valence-electron chi connectivity index (χ2n) is 2.80. The first kappa shape index (κ1) is 11.5. The van der Waals surface area contributed by atoms with Gasteiger partial charge in [-0.1, -0.05) is 11.6 Å². The van der Waals surface area contributed by atoms with E-state index in [4.69, 9.17) is 16.7 Å². The zero-order valence-electron chi connectivity index (χ0n) is 7.67. The van der Waals surface area contributed by atoms with Gasteiger partial charge < -0.3 is 10.4 Å². The van der Waals surface area contributed by atoms with Crippen LogP contribution in [0.25, 0.3) is 0 Å². The van der Waals surface area contributed by atoms with Crippen molar-refractivity contribution < 1.29 is 19.1 Å². The normalized spacial score (nSPS) is 9.80. The van der Waals surface area contributed by atoms with Gasteiger partial charge in [-0.3, -0.25) is 4.79 Å². The van der Waals surface area contributed by atoms with Gasteiger partial charge in [0.05, 0.1) is 16.3 Å². The van der Waals surface area contributed by atoms with E-state index in [0.717, 1.165) is 12.1 Å². The monoisotopic (exact) mass is 231 g/mol. The van der Waals surface area contributed by atoms with Crippen LogP contribution in [0.15, 0.2) is 12.1 Å². The molecule has 0 saturated heterocycles. The summed E-state index contributed by atoms with van der Waals surface area (Å²) >= 11 is 5.42. The Balaban J connectivity index is 3.28. The summed E-state index contributed by atoms with van der Waals surface area (Å²) in [6, 6.07) is 1.82. The van der Waals surface area contributed by atoms with Crippen molar-refractivity contribution in [2.24, 2.45) is 0 Å². The van der Waals surface area contributed by atoms with Crippen LogP contribution in [0.2, 0.25) is 5.02 Å². The molecule has 1 aromatic carbocycles. The SMILES string of the molecule is CC(=O)Nc1cc(F)c(Cl)cc1C(=O)O. The number of carbonyl (C=O) groups is 2. The predicted molar refractivity (Wildman–Crippen MR) is 52.7 cm³/mol. The molecule has 1 amide bonds. The van der Waals surface area contributed by atoms with E-state index in [2.05, 4.69) is 5.32 Å². The van der Waals surface area contributed by atoms with E-state index in [1.54, 1.807) is 0 Å². The Morgan fingerprint density at radius 3 is 2.53 bits per heavy atom. The fourth-order valence-corrected chi connectivity index (χ4v) is 1.18. The van der Waals surface area contributed by atoms with E-state index in [0.29, 0.717) is 0 Å². The number of nitrogens with one attached hydrogen (secondary N) is 1. The van der Waals surface area contributed by atoms with E-state index in [1.165, 1.54) is 6.92 Å². The van der Waals surface area contributed by atoms with Gasteiger partial charge in [0.2, 0.25) is 5.91 Å². The van der Waals surface area contributed by atoms with Gasteiger partial charge >= 0.3 is 5.97 Å². The summed E-state index contributed by atoms with van der Waals surface area (Å²) in [5, 5.41) is 10.7. The molecule has 0 aromatic heterocycles. The number of hydrogen-bond acceptors (Lipinski definition) is 2. The van der Waals surface area contributed by atoms with Crippen LogP contribution in [0.1, 0.15) is 17.3 Å². The van der Waals surface area contributed by atoms with E-state index in [9.17, 15) is 14.0 Å². The lowest BCUT2D eigenvalue weighted by molar-refractivity contribution is -0.114. The first-order valence-corrected chi connectivity index (χ1v) is 4.29. The molecule has 1 aromatic rings. The molecule has 0 saturated carbocycles. The molecule has 6 heteroatoms. The van der Waals surface area contributed by atoms with E-state index in [-0.39, 0.29) is 16.3 Å². The number of benzene rings is 1. The van der Waals surface area contributed by atoms with Crippen molar-refractivity contribution in [1.82, 2.24) is 0 Å². The molecule has 80 valence electrons. The van der Waals surface area contributed by atoms with Crippen molar-refractivity contribution in [2.75, 3.05) is 5.32 Å². The molecule has 0 atom stereocenters. The third-order valence-corrected chi connectivity index (χ3v) is 1.89. The Hall–Kier alpha value is -1.62. The summed E-state index contributed by atoms with van der Waals surface area (Å²) in [5.74, 6) is -2.56. The van der Waals surface area contributed by atoms with Gasteiger partial charge in [0, 0.05) is 6.92 Å². The molecule has 0 bridgehead atoms. The topological polar surface area (TPSA) is 66.4 Å². The standard InChI is InChI=1S/C9H7ClFNO3/c1-4(13)12-8-3-7(11)6(10)2-5(8)9(14)15/h2-3H,1H3,(H,12,13)(H,14,15). The van der Waals surface area contributed by atoms with Gasteiger partial charge in [-0.15, -0.1) is 0 Å². The number of carbonyl (C=O) groups excluding carboxylic acids is 1. The second kappa shape index (κ2) is 4.27. The van der Waals surface area contributed by atoms with E-state index >= 15 is 0 Å². The van der Waals surface area contributed by atoms with Crippen molar-refractivity contribution in [2.45, 2.75) is 6.92 Å². The van der Waals surface area contributed by atoms with Crippen LogP contribution in [0.5, 0.6) is 0 Å². The lowest BCUT2D eigenvalue weighted by atomic mass is 10.1. The second-order valence-corrected chi connectivity index (χ2v) is 3.21. The van der Waals surface area contributed by atoms with Gasteiger partial charge in [0.25, 0.3) is 0 Å². The molecule has 2 N–H and O–H groups in total. The van der Waals surface area contributed by atoms with Crippen LogP contribution >= 0.6 is 11.6 Å².